The van der Waals surface area contributed by atoms with Crippen LogP contribution in [-0.2, 0) is 10.0 Å². The van der Waals surface area contributed by atoms with Crippen LogP contribution >= 0.6 is 0 Å². The molecule has 0 spiro atoms. The molecular weight excluding hydrogens is 260 g/mol. The molecule has 19 heavy (non-hydrogen) atoms. The van der Waals surface area contributed by atoms with Crippen molar-refractivity contribution in [2.24, 2.45) is 0 Å². The molecule has 0 aromatic rings. The van der Waals surface area contributed by atoms with Gasteiger partial charge in [-0.25, -0.2) is 8.42 Å². The van der Waals surface area contributed by atoms with Crippen molar-refractivity contribution in [3.8, 4) is 0 Å². The molecule has 1 aliphatic carbocycles. The van der Waals surface area contributed by atoms with Crippen LogP contribution < -0.4 is 4.90 Å². The molecule has 0 bridgehead atoms. The van der Waals surface area contributed by atoms with Crippen LogP contribution in [0.15, 0.2) is 0 Å². The van der Waals surface area contributed by atoms with E-state index in [9.17, 15) is 8.42 Å². The van der Waals surface area contributed by atoms with Crippen LogP contribution in [0.25, 0.3) is 0 Å². The predicted molar refractivity (Wildman–Crippen MR) is 77.8 cm³/mol. The number of hydrogen-bond acceptors (Lipinski definition) is 2. The number of rotatable bonds is 3. The van der Waals surface area contributed by atoms with E-state index < -0.39 is 10.0 Å². The molecule has 0 atom stereocenters. The van der Waals surface area contributed by atoms with E-state index in [2.05, 4.69) is 0 Å². The first-order chi connectivity index (χ1) is 9.13. The minimum absolute atomic E-state index is 0.242. The van der Waals surface area contributed by atoms with Crippen LogP contribution in [0.3, 0.4) is 0 Å². The molecule has 4 nitrogen and oxygen atoms in total. The maximum Gasteiger partial charge on any atom is 0.214 e. The van der Waals surface area contributed by atoms with Crippen molar-refractivity contribution < 1.29 is 13.3 Å². The Labute approximate surface area is 118 Å². The highest BCUT2D eigenvalue weighted by molar-refractivity contribution is 7.89. The second-order valence-corrected chi connectivity index (χ2v) is 8.26. The standard InChI is InChI=1S/C14H28N2O2S/c1-2-19(17,18)16-12-10-15(11-13-16)14-8-6-4-3-5-7-9-14/h14H,2-13H2,1H3/p+1. The monoisotopic (exact) mass is 289 g/mol. The van der Waals surface area contributed by atoms with Gasteiger partial charge in [-0.05, 0) is 32.6 Å². The van der Waals surface area contributed by atoms with Crippen LogP contribution in [0.4, 0.5) is 0 Å². The third-order valence-electron chi connectivity index (χ3n) is 4.81. The minimum Gasteiger partial charge on any atom is -0.330 e. The Kier molecular flexibility index (Phi) is 5.66. The van der Waals surface area contributed by atoms with Gasteiger partial charge in [0.15, 0.2) is 0 Å². The fraction of sp³-hybridized carbons (Fsp3) is 1.00. The molecule has 0 unspecified atom stereocenters. The van der Waals surface area contributed by atoms with Crippen LogP contribution in [0.2, 0.25) is 0 Å². The summed E-state index contributed by atoms with van der Waals surface area (Å²) in [5, 5.41) is 0. The lowest BCUT2D eigenvalue weighted by Gasteiger charge is -2.36. The van der Waals surface area contributed by atoms with Gasteiger partial charge in [-0.3, -0.25) is 0 Å². The van der Waals surface area contributed by atoms with E-state index in [0.29, 0.717) is 0 Å². The molecule has 2 fully saturated rings. The molecule has 0 radical (unpaired) electrons. The molecule has 0 aromatic heterocycles. The first-order valence-electron chi connectivity index (χ1n) is 7.96. The van der Waals surface area contributed by atoms with Crippen molar-refractivity contribution >= 4 is 10.0 Å². The SMILES string of the molecule is CCS(=O)(=O)N1CC[NH+](C2CCCCCCC2)CC1. The molecule has 5 heteroatoms. The molecule has 1 saturated heterocycles. The van der Waals surface area contributed by atoms with E-state index >= 15 is 0 Å². The summed E-state index contributed by atoms with van der Waals surface area (Å²) < 4.78 is 25.4. The molecule has 2 rings (SSSR count). The number of piperazine rings is 1. The van der Waals surface area contributed by atoms with E-state index in [4.69, 9.17) is 0 Å². The molecule has 0 amide bonds. The molecule has 112 valence electrons. The first kappa shape index (κ1) is 15.3. The lowest BCUT2D eigenvalue weighted by atomic mass is 9.95. The van der Waals surface area contributed by atoms with Crippen molar-refractivity contribution in [3.05, 3.63) is 0 Å². The van der Waals surface area contributed by atoms with Gasteiger partial charge in [0.25, 0.3) is 0 Å². The minimum atomic E-state index is -2.97. The zero-order valence-electron chi connectivity index (χ0n) is 12.2. The maximum absolute atomic E-state index is 11.9. The molecule has 0 aromatic carbocycles. The smallest absolute Gasteiger partial charge is 0.214 e. The van der Waals surface area contributed by atoms with Gasteiger partial charge in [0.1, 0.15) is 0 Å². The lowest BCUT2D eigenvalue weighted by Crippen LogP contribution is -3.18. The predicted octanol–water partition coefficient (Wildman–Crippen LogP) is 0.650. The van der Waals surface area contributed by atoms with Gasteiger partial charge in [0.2, 0.25) is 10.0 Å². The van der Waals surface area contributed by atoms with Crippen LogP contribution in [0, 0.1) is 0 Å². The fourth-order valence-electron chi connectivity index (χ4n) is 3.51. The number of nitrogens with one attached hydrogen (secondary N) is 1. The van der Waals surface area contributed by atoms with Crippen molar-refractivity contribution in [2.45, 2.75) is 57.9 Å². The molecule has 1 saturated carbocycles. The Balaban J connectivity index is 1.85. The molecule has 1 N–H and O–H groups in total. The Morgan fingerprint density at radius 1 is 1.00 bits per heavy atom. The van der Waals surface area contributed by atoms with E-state index in [1.165, 1.54) is 44.9 Å². The largest absolute Gasteiger partial charge is 0.330 e. The summed E-state index contributed by atoms with van der Waals surface area (Å²) in [5.41, 5.74) is 0. The van der Waals surface area contributed by atoms with Gasteiger partial charge < -0.3 is 4.90 Å². The molecule has 1 heterocycles. The highest BCUT2D eigenvalue weighted by Crippen LogP contribution is 2.16. The van der Waals surface area contributed by atoms with Crippen LogP contribution in [-0.4, -0.2) is 50.7 Å². The van der Waals surface area contributed by atoms with Gasteiger partial charge in [0.05, 0.1) is 38.0 Å². The third-order valence-corrected chi connectivity index (χ3v) is 6.69. The maximum atomic E-state index is 11.9. The lowest BCUT2D eigenvalue weighted by molar-refractivity contribution is -0.929. The van der Waals surface area contributed by atoms with E-state index in [0.717, 1.165) is 32.2 Å². The second kappa shape index (κ2) is 7.04. The number of hydrogen-bond donors (Lipinski definition) is 1. The van der Waals surface area contributed by atoms with Gasteiger partial charge in [-0.15, -0.1) is 0 Å². The second-order valence-electron chi connectivity index (χ2n) is 6.00. The highest BCUT2D eigenvalue weighted by Gasteiger charge is 2.31. The van der Waals surface area contributed by atoms with Gasteiger partial charge in [-0.1, -0.05) is 19.3 Å². The van der Waals surface area contributed by atoms with Crippen molar-refractivity contribution in [2.75, 3.05) is 31.9 Å². The normalized spacial score (nSPS) is 25.9. The zero-order valence-corrected chi connectivity index (χ0v) is 13.1. The fourth-order valence-corrected chi connectivity index (χ4v) is 4.61. The zero-order chi connectivity index (χ0) is 13.7. The van der Waals surface area contributed by atoms with Crippen molar-refractivity contribution in [3.63, 3.8) is 0 Å². The average molecular weight is 289 g/mol. The van der Waals surface area contributed by atoms with Crippen molar-refractivity contribution in [1.29, 1.82) is 0 Å². The van der Waals surface area contributed by atoms with Crippen LogP contribution in [0.5, 0.6) is 0 Å². The van der Waals surface area contributed by atoms with E-state index in [-0.39, 0.29) is 5.75 Å². The molecule has 1 aliphatic heterocycles. The van der Waals surface area contributed by atoms with Crippen molar-refractivity contribution in [1.82, 2.24) is 4.31 Å². The molecule has 2 aliphatic rings. The van der Waals surface area contributed by atoms with E-state index in [1.807, 2.05) is 0 Å². The Hall–Kier alpha value is -0.130. The topological polar surface area (TPSA) is 41.8 Å². The first-order valence-corrected chi connectivity index (χ1v) is 9.57. The number of quaternary nitrogens is 1. The average Bonchev–Trinajstić information content (AvgIpc) is 2.39. The number of sulfonamides is 1. The van der Waals surface area contributed by atoms with Gasteiger partial charge >= 0.3 is 0 Å². The summed E-state index contributed by atoms with van der Waals surface area (Å²) >= 11 is 0. The summed E-state index contributed by atoms with van der Waals surface area (Å²) in [6.07, 6.45) is 9.60. The summed E-state index contributed by atoms with van der Waals surface area (Å²) in [4.78, 5) is 1.66. The Bertz CT molecular complexity index is 354. The highest BCUT2D eigenvalue weighted by atomic mass is 32.2. The van der Waals surface area contributed by atoms with Crippen LogP contribution in [0.1, 0.15) is 51.9 Å². The summed E-state index contributed by atoms with van der Waals surface area (Å²) in [6, 6.07) is 0.784. The Morgan fingerprint density at radius 3 is 2.05 bits per heavy atom. The van der Waals surface area contributed by atoms with Gasteiger partial charge in [0, 0.05) is 0 Å². The van der Waals surface area contributed by atoms with E-state index in [1.54, 1.807) is 16.1 Å². The molecular formula is C14H29N2O2S+. The number of nitrogens with zero attached hydrogens (tertiary/aromatic N) is 1. The quantitative estimate of drug-likeness (QED) is 0.829. The summed E-state index contributed by atoms with van der Waals surface area (Å²) in [5.74, 6) is 0.242. The Morgan fingerprint density at radius 2 is 1.53 bits per heavy atom. The summed E-state index contributed by atoms with van der Waals surface area (Å²) in [6.45, 7) is 5.20. The van der Waals surface area contributed by atoms with Gasteiger partial charge in [-0.2, -0.15) is 4.31 Å². The third kappa shape index (κ3) is 4.17. The summed E-state index contributed by atoms with van der Waals surface area (Å²) in [7, 11) is -2.97.